The number of hydrogen-bond acceptors (Lipinski definition) is 4. The largest absolute Gasteiger partial charge is 0.374 e. The average Bonchev–Trinajstić information content (AvgIpc) is 2.45. The number of ether oxygens (including phenoxy) is 2. The molecule has 0 radical (unpaired) electrons. The van der Waals surface area contributed by atoms with Gasteiger partial charge in [-0.3, -0.25) is 14.3 Å². The van der Waals surface area contributed by atoms with E-state index in [-0.39, 0.29) is 6.73 Å². The van der Waals surface area contributed by atoms with Crippen LogP contribution in [-0.4, -0.2) is 22.8 Å². The highest BCUT2D eigenvalue weighted by molar-refractivity contribution is 5.13. The zero-order valence-electron chi connectivity index (χ0n) is 11.9. The minimum Gasteiger partial charge on any atom is -0.374 e. The van der Waals surface area contributed by atoms with Gasteiger partial charge in [-0.1, -0.05) is 30.3 Å². The molecule has 1 aromatic heterocycles. The Morgan fingerprint density at radius 1 is 1.10 bits per heavy atom. The molecular formula is C15H18N2O4. The SMILES string of the molecule is Cc1cc(=O)[nH]c(=O)n1COCCOCc1ccccc1. The van der Waals surface area contributed by atoms with Crippen LogP contribution < -0.4 is 11.2 Å². The summed E-state index contributed by atoms with van der Waals surface area (Å²) < 4.78 is 12.2. The van der Waals surface area contributed by atoms with Gasteiger partial charge in [0.15, 0.2) is 0 Å². The first-order valence-electron chi connectivity index (χ1n) is 6.67. The molecule has 0 aliphatic carbocycles. The summed E-state index contributed by atoms with van der Waals surface area (Å²) in [7, 11) is 0. The van der Waals surface area contributed by atoms with E-state index in [1.807, 2.05) is 30.3 Å². The number of aryl methyl sites for hydroxylation is 1. The van der Waals surface area contributed by atoms with Crippen LogP contribution in [0.15, 0.2) is 46.0 Å². The number of benzene rings is 1. The molecule has 0 aliphatic rings. The summed E-state index contributed by atoms with van der Waals surface area (Å²) in [5.74, 6) is 0. The van der Waals surface area contributed by atoms with Crippen LogP contribution in [0.25, 0.3) is 0 Å². The normalized spacial score (nSPS) is 10.7. The quantitative estimate of drug-likeness (QED) is 0.773. The molecule has 0 bridgehead atoms. The van der Waals surface area contributed by atoms with Gasteiger partial charge in [0.1, 0.15) is 6.73 Å². The highest BCUT2D eigenvalue weighted by atomic mass is 16.5. The van der Waals surface area contributed by atoms with Crippen molar-refractivity contribution in [3.8, 4) is 0 Å². The molecule has 2 aromatic rings. The van der Waals surface area contributed by atoms with E-state index in [9.17, 15) is 9.59 Å². The molecule has 1 aromatic carbocycles. The van der Waals surface area contributed by atoms with Crippen molar-refractivity contribution < 1.29 is 9.47 Å². The first-order valence-corrected chi connectivity index (χ1v) is 6.67. The van der Waals surface area contributed by atoms with E-state index in [0.29, 0.717) is 25.5 Å². The maximum atomic E-state index is 11.6. The molecule has 0 fully saturated rings. The van der Waals surface area contributed by atoms with Crippen molar-refractivity contribution >= 4 is 0 Å². The van der Waals surface area contributed by atoms with Gasteiger partial charge in [0, 0.05) is 11.8 Å². The molecule has 6 nitrogen and oxygen atoms in total. The number of nitrogens with one attached hydrogen (secondary N) is 1. The van der Waals surface area contributed by atoms with Crippen molar-refractivity contribution in [3.05, 3.63) is 68.5 Å². The van der Waals surface area contributed by atoms with Crippen LogP contribution in [0.1, 0.15) is 11.3 Å². The van der Waals surface area contributed by atoms with Crippen molar-refractivity contribution in [2.24, 2.45) is 0 Å². The molecule has 0 spiro atoms. The van der Waals surface area contributed by atoms with Crippen molar-refractivity contribution in [3.63, 3.8) is 0 Å². The zero-order chi connectivity index (χ0) is 15.1. The topological polar surface area (TPSA) is 73.3 Å². The third-order valence-electron chi connectivity index (χ3n) is 2.94. The molecule has 112 valence electrons. The minimum atomic E-state index is -0.467. The highest BCUT2D eigenvalue weighted by Crippen LogP contribution is 2.00. The highest BCUT2D eigenvalue weighted by Gasteiger charge is 2.01. The van der Waals surface area contributed by atoms with Crippen LogP contribution in [0.3, 0.4) is 0 Å². The summed E-state index contributed by atoms with van der Waals surface area (Å²) in [6.07, 6.45) is 0. The predicted octanol–water partition coefficient (Wildman–Crippen LogP) is 1.04. The number of hydrogen-bond donors (Lipinski definition) is 1. The molecule has 0 aliphatic heterocycles. The van der Waals surface area contributed by atoms with Crippen LogP contribution in [0.2, 0.25) is 0 Å². The van der Waals surface area contributed by atoms with Gasteiger partial charge >= 0.3 is 5.69 Å². The summed E-state index contributed by atoms with van der Waals surface area (Å²) in [6.45, 7) is 3.12. The monoisotopic (exact) mass is 290 g/mol. The van der Waals surface area contributed by atoms with Crippen molar-refractivity contribution in [2.75, 3.05) is 13.2 Å². The fraction of sp³-hybridized carbons (Fsp3) is 0.333. The Labute approximate surface area is 122 Å². The minimum absolute atomic E-state index is 0.0934. The molecule has 1 heterocycles. The van der Waals surface area contributed by atoms with Gasteiger partial charge in [-0.25, -0.2) is 4.79 Å². The van der Waals surface area contributed by atoms with Crippen LogP contribution in [-0.2, 0) is 22.8 Å². The average molecular weight is 290 g/mol. The van der Waals surface area contributed by atoms with E-state index in [1.165, 1.54) is 10.6 Å². The molecule has 0 amide bonds. The Kier molecular flexibility index (Phi) is 5.48. The second-order valence-electron chi connectivity index (χ2n) is 4.58. The Hall–Kier alpha value is -2.18. The third-order valence-corrected chi connectivity index (χ3v) is 2.94. The van der Waals surface area contributed by atoms with Crippen LogP contribution in [0.4, 0.5) is 0 Å². The van der Waals surface area contributed by atoms with Crippen LogP contribution in [0.5, 0.6) is 0 Å². The second kappa shape index (κ2) is 7.56. The lowest BCUT2D eigenvalue weighted by Gasteiger charge is -2.09. The Morgan fingerprint density at radius 2 is 1.81 bits per heavy atom. The van der Waals surface area contributed by atoms with Crippen molar-refractivity contribution in [1.82, 2.24) is 9.55 Å². The standard InChI is InChI=1S/C15H18N2O4/c1-12-9-14(18)16-15(19)17(12)11-21-8-7-20-10-13-5-3-2-4-6-13/h2-6,9H,7-8,10-11H2,1H3,(H,16,18,19). The molecule has 0 unspecified atom stereocenters. The first-order chi connectivity index (χ1) is 10.2. The lowest BCUT2D eigenvalue weighted by Crippen LogP contribution is -2.32. The molecule has 2 rings (SSSR count). The van der Waals surface area contributed by atoms with Gasteiger partial charge in [-0.15, -0.1) is 0 Å². The number of rotatable bonds is 7. The van der Waals surface area contributed by atoms with Crippen LogP contribution in [0, 0.1) is 6.92 Å². The smallest absolute Gasteiger partial charge is 0.330 e. The molecule has 0 saturated heterocycles. The molecule has 0 saturated carbocycles. The van der Waals surface area contributed by atoms with E-state index in [1.54, 1.807) is 6.92 Å². The summed E-state index contributed by atoms with van der Waals surface area (Å²) >= 11 is 0. The van der Waals surface area contributed by atoms with Gasteiger partial charge in [-0.2, -0.15) is 0 Å². The number of aromatic amines is 1. The maximum Gasteiger partial charge on any atom is 0.330 e. The predicted molar refractivity (Wildman–Crippen MR) is 78.1 cm³/mol. The van der Waals surface area contributed by atoms with Gasteiger partial charge in [0.05, 0.1) is 19.8 Å². The molecule has 6 heteroatoms. The Morgan fingerprint density at radius 3 is 2.52 bits per heavy atom. The first kappa shape index (κ1) is 15.2. The second-order valence-corrected chi connectivity index (χ2v) is 4.58. The molecule has 21 heavy (non-hydrogen) atoms. The van der Waals surface area contributed by atoms with Gasteiger partial charge in [0.2, 0.25) is 0 Å². The molecular weight excluding hydrogens is 272 g/mol. The summed E-state index contributed by atoms with van der Waals surface area (Å²) in [6, 6.07) is 11.2. The van der Waals surface area contributed by atoms with Gasteiger partial charge < -0.3 is 9.47 Å². The van der Waals surface area contributed by atoms with E-state index < -0.39 is 11.2 Å². The van der Waals surface area contributed by atoms with E-state index in [0.717, 1.165) is 5.56 Å². The van der Waals surface area contributed by atoms with Gasteiger partial charge in [-0.05, 0) is 12.5 Å². The number of H-pyrrole nitrogens is 1. The number of nitrogens with zero attached hydrogens (tertiary/aromatic N) is 1. The van der Waals surface area contributed by atoms with Crippen molar-refractivity contribution in [1.29, 1.82) is 0 Å². The maximum absolute atomic E-state index is 11.6. The number of aromatic nitrogens is 2. The van der Waals surface area contributed by atoms with E-state index >= 15 is 0 Å². The van der Waals surface area contributed by atoms with Crippen LogP contribution >= 0.6 is 0 Å². The van der Waals surface area contributed by atoms with Gasteiger partial charge in [0.25, 0.3) is 5.56 Å². The lowest BCUT2D eigenvalue weighted by atomic mass is 10.2. The Bertz CT molecular complexity index is 676. The van der Waals surface area contributed by atoms with E-state index in [4.69, 9.17) is 9.47 Å². The summed E-state index contributed by atoms with van der Waals surface area (Å²) in [5.41, 5.74) is 0.796. The summed E-state index contributed by atoms with van der Waals surface area (Å²) in [5, 5.41) is 0. The van der Waals surface area contributed by atoms with E-state index in [2.05, 4.69) is 4.98 Å². The third kappa shape index (κ3) is 4.70. The Balaban J connectivity index is 1.71. The zero-order valence-corrected chi connectivity index (χ0v) is 11.9. The fourth-order valence-corrected chi connectivity index (χ4v) is 1.84. The fourth-order valence-electron chi connectivity index (χ4n) is 1.84. The lowest BCUT2D eigenvalue weighted by molar-refractivity contribution is 0.0114. The molecule has 0 atom stereocenters. The summed E-state index contributed by atoms with van der Waals surface area (Å²) in [4.78, 5) is 24.8. The molecule has 1 N–H and O–H groups in total. The van der Waals surface area contributed by atoms with Crippen molar-refractivity contribution in [2.45, 2.75) is 20.3 Å².